The third kappa shape index (κ3) is 3.20. The molecule has 0 radical (unpaired) electrons. The topological polar surface area (TPSA) is 60.1 Å². The van der Waals surface area contributed by atoms with Crippen LogP contribution in [0.4, 0.5) is 4.39 Å². The molecule has 0 saturated heterocycles. The number of carbonyl (C=O) groups excluding carboxylic acids is 1. The van der Waals surface area contributed by atoms with Gasteiger partial charge in [0.25, 0.3) is 0 Å². The Bertz CT molecular complexity index is 1630. The normalized spacial score (nSPS) is 22.9. The maximum Gasteiger partial charge on any atom is 0.226 e. The van der Waals surface area contributed by atoms with Crippen molar-refractivity contribution in [3.8, 4) is 22.6 Å². The maximum atomic E-state index is 15.1. The Hall–Kier alpha value is -4.24. The van der Waals surface area contributed by atoms with Crippen LogP contribution in [-0.2, 0) is 16.6 Å². The Kier molecular flexibility index (Phi) is 5.04. The van der Waals surface area contributed by atoms with E-state index in [0.29, 0.717) is 23.5 Å². The average Bonchev–Trinajstić information content (AvgIpc) is 2.90. The van der Waals surface area contributed by atoms with Crippen molar-refractivity contribution < 1.29 is 9.18 Å². The van der Waals surface area contributed by atoms with Crippen LogP contribution in [0.25, 0.3) is 38.3 Å². The lowest BCUT2D eigenvalue weighted by atomic mass is 9.58. The molecule has 0 N–H and O–H groups in total. The number of pyridine rings is 1. The van der Waals surface area contributed by atoms with Crippen LogP contribution in [0.15, 0.2) is 72.7 Å². The summed E-state index contributed by atoms with van der Waals surface area (Å²) in [5.41, 5.74) is 2.98. The molecule has 5 nitrogen and oxygen atoms in total. The molecule has 3 atom stereocenters. The quantitative estimate of drug-likeness (QED) is 0.318. The molecule has 2 aliphatic carbocycles. The molecule has 176 valence electrons. The van der Waals surface area contributed by atoms with Crippen LogP contribution < -0.4 is 0 Å². The SMILES string of the molecule is [C-]#[N+]C1=C[C@@]2(C)c3nc(-c4cccc5cnccc45)nc(-c4ccccc4F)c3CC[C@@H]2[C@@H](C)C1=O. The minimum absolute atomic E-state index is 0.00376. The summed E-state index contributed by atoms with van der Waals surface area (Å²) < 4.78 is 15.1. The lowest BCUT2D eigenvalue weighted by Gasteiger charge is -2.46. The van der Waals surface area contributed by atoms with E-state index in [2.05, 4.69) is 16.8 Å². The predicted octanol–water partition coefficient (Wildman–Crippen LogP) is 6.34. The summed E-state index contributed by atoms with van der Waals surface area (Å²) in [7, 11) is 0. The van der Waals surface area contributed by atoms with E-state index in [-0.39, 0.29) is 29.1 Å². The number of hydrogen-bond acceptors (Lipinski definition) is 4. The summed E-state index contributed by atoms with van der Waals surface area (Å²) >= 11 is 0. The van der Waals surface area contributed by atoms with E-state index in [1.807, 2.05) is 37.3 Å². The summed E-state index contributed by atoms with van der Waals surface area (Å²) in [5, 5.41) is 1.91. The van der Waals surface area contributed by atoms with E-state index >= 15 is 4.39 Å². The maximum absolute atomic E-state index is 15.1. The van der Waals surface area contributed by atoms with Crippen LogP contribution in [0.3, 0.4) is 0 Å². The van der Waals surface area contributed by atoms with Gasteiger partial charge in [-0.2, -0.15) is 0 Å². The third-order valence-corrected chi connectivity index (χ3v) is 7.87. The van der Waals surface area contributed by atoms with Gasteiger partial charge >= 0.3 is 0 Å². The summed E-state index contributed by atoms with van der Waals surface area (Å²) in [6, 6.07) is 14.5. The zero-order valence-electron chi connectivity index (χ0n) is 20.0. The van der Waals surface area contributed by atoms with Gasteiger partial charge in [-0.1, -0.05) is 50.3 Å². The van der Waals surface area contributed by atoms with E-state index < -0.39 is 5.41 Å². The number of allylic oxidation sites excluding steroid dienone is 2. The lowest BCUT2D eigenvalue weighted by Crippen LogP contribution is -2.46. The lowest BCUT2D eigenvalue weighted by molar-refractivity contribution is -0.121. The van der Waals surface area contributed by atoms with Gasteiger partial charge in [-0.05, 0) is 42.3 Å². The minimum atomic E-state index is -0.648. The van der Waals surface area contributed by atoms with Gasteiger partial charge in [-0.25, -0.2) is 19.2 Å². The first kappa shape index (κ1) is 22.2. The van der Waals surface area contributed by atoms with Crippen LogP contribution in [0.5, 0.6) is 0 Å². The zero-order chi connectivity index (χ0) is 25.0. The fourth-order valence-electron chi connectivity index (χ4n) is 6.06. The van der Waals surface area contributed by atoms with Gasteiger partial charge in [0.05, 0.1) is 18.0 Å². The minimum Gasteiger partial charge on any atom is -0.308 e. The molecule has 0 spiro atoms. The molecule has 4 aromatic rings. The van der Waals surface area contributed by atoms with Crippen LogP contribution >= 0.6 is 0 Å². The van der Waals surface area contributed by atoms with Gasteiger partial charge in [-0.3, -0.25) is 4.98 Å². The smallest absolute Gasteiger partial charge is 0.226 e. The highest BCUT2D eigenvalue weighted by molar-refractivity contribution is 6.00. The number of Topliss-reactive ketones (excluding diaryl/α,β-unsaturated/α-hetero) is 1. The predicted molar refractivity (Wildman–Crippen MR) is 136 cm³/mol. The van der Waals surface area contributed by atoms with E-state index in [0.717, 1.165) is 34.0 Å². The number of fused-ring (bicyclic) bond motifs is 4. The second kappa shape index (κ2) is 8.17. The Balaban J connectivity index is 1.70. The first-order chi connectivity index (χ1) is 17.4. The highest BCUT2D eigenvalue weighted by Crippen LogP contribution is 2.51. The van der Waals surface area contributed by atoms with Gasteiger partial charge in [0.2, 0.25) is 5.70 Å². The van der Waals surface area contributed by atoms with Crippen molar-refractivity contribution in [3.63, 3.8) is 0 Å². The van der Waals surface area contributed by atoms with Crippen molar-refractivity contribution in [3.05, 3.63) is 101 Å². The third-order valence-electron chi connectivity index (χ3n) is 7.87. The summed E-state index contributed by atoms with van der Waals surface area (Å²) in [6.07, 6.45) is 6.70. The highest BCUT2D eigenvalue weighted by atomic mass is 19.1. The van der Waals surface area contributed by atoms with Crippen molar-refractivity contribution in [2.45, 2.75) is 32.1 Å². The molecule has 2 aromatic carbocycles. The fourth-order valence-corrected chi connectivity index (χ4v) is 6.06. The van der Waals surface area contributed by atoms with E-state index in [1.54, 1.807) is 30.6 Å². The molecule has 2 heterocycles. The van der Waals surface area contributed by atoms with E-state index in [9.17, 15) is 4.79 Å². The number of ketones is 1. The van der Waals surface area contributed by atoms with Gasteiger partial charge in [0.15, 0.2) is 11.6 Å². The van der Waals surface area contributed by atoms with Crippen LogP contribution in [0.1, 0.15) is 31.5 Å². The summed E-state index contributed by atoms with van der Waals surface area (Å²) in [6.45, 7) is 11.6. The summed E-state index contributed by atoms with van der Waals surface area (Å²) in [5.74, 6) is -0.260. The van der Waals surface area contributed by atoms with Crippen molar-refractivity contribution in [2.75, 3.05) is 0 Å². The summed E-state index contributed by atoms with van der Waals surface area (Å²) in [4.78, 5) is 30.7. The fraction of sp³-hybridized carbons (Fsp3) is 0.233. The van der Waals surface area contributed by atoms with E-state index in [4.69, 9.17) is 16.5 Å². The molecule has 0 fully saturated rings. The number of carbonyl (C=O) groups is 1. The van der Waals surface area contributed by atoms with Crippen molar-refractivity contribution >= 4 is 16.6 Å². The molecule has 2 aliphatic rings. The van der Waals surface area contributed by atoms with E-state index in [1.165, 1.54) is 6.07 Å². The van der Waals surface area contributed by atoms with Gasteiger partial charge in [0.1, 0.15) is 5.82 Å². The first-order valence-electron chi connectivity index (χ1n) is 12.1. The van der Waals surface area contributed by atoms with Gasteiger partial charge in [0, 0.05) is 45.8 Å². The molecule has 36 heavy (non-hydrogen) atoms. The number of rotatable bonds is 2. The molecular weight excluding hydrogens is 451 g/mol. The molecule has 0 amide bonds. The van der Waals surface area contributed by atoms with Crippen LogP contribution in [0.2, 0.25) is 0 Å². The number of halogens is 1. The Labute approximate surface area is 208 Å². The van der Waals surface area contributed by atoms with Gasteiger partial charge < -0.3 is 4.79 Å². The first-order valence-corrected chi connectivity index (χ1v) is 12.1. The monoisotopic (exact) mass is 474 g/mol. The van der Waals surface area contributed by atoms with Crippen LogP contribution in [-0.4, -0.2) is 20.7 Å². The highest BCUT2D eigenvalue weighted by Gasteiger charge is 2.49. The number of hydrogen-bond donors (Lipinski definition) is 0. The standard InChI is InChI=1S/C30H23FN4O/c1-17-23-12-11-22-26(21-8-4-5-10-24(21)31)34-29(20-9-6-7-18-16-33-14-13-19(18)20)35-28(22)30(23,2)15-25(32-3)27(17)36/h4-10,13-17,23H,11-12H2,1-2H3/t17-,23-,30-/m1/s1. The largest absolute Gasteiger partial charge is 0.308 e. The Morgan fingerprint density at radius 3 is 2.69 bits per heavy atom. The second-order valence-electron chi connectivity index (χ2n) is 9.83. The number of benzene rings is 2. The van der Waals surface area contributed by atoms with Crippen LogP contribution in [0, 0.1) is 24.2 Å². The van der Waals surface area contributed by atoms with Crippen molar-refractivity contribution in [1.29, 1.82) is 0 Å². The van der Waals surface area contributed by atoms with Crippen molar-refractivity contribution in [2.24, 2.45) is 11.8 Å². The molecule has 6 heteroatoms. The number of aromatic nitrogens is 3. The average molecular weight is 475 g/mol. The molecule has 0 unspecified atom stereocenters. The molecule has 0 bridgehead atoms. The Morgan fingerprint density at radius 2 is 1.89 bits per heavy atom. The number of nitrogens with zero attached hydrogens (tertiary/aromatic N) is 4. The second-order valence-corrected chi connectivity index (χ2v) is 9.83. The molecular formula is C30H23FN4O. The molecule has 2 aromatic heterocycles. The van der Waals surface area contributed by atoms with Crippen molar-refractivity contribution in [1.82, 2.24) is 15.0 Å². The Morgan fingerprint density at radius 1 is 1.08 bits per heavy atom. The molecule has 0 saturated carbocycles. The zero-order valence-corrected chi connectivity index (χ0v) is 20.0. The molecule has 6 rings (SSSR count). The van der Waals surface area contributed by atoms with Gasteiger partial charge in [-0.15, -0.1) is 0 Å². The molecule has 0 aliphatic heterocycles.